The minimum Gasteiger partial charge on any atom is -0.493 e. The van der Waals surface area contributed by atoms with E-state index >= 15 is 0 Å². The van der Waals surface area contributed by atoms with E-state index in [-0.39, 0.29) is 24.9 Å². The standard InChI is InChI=1S/C27H28Cl2N2O4S/c1-4-10-31(27(33)20-14-21(28)16-22(29)15-20)18-26(32)30(17-23-6-5-12-36-23)11-9-19-7-8-24(34-2)25(13-19)35-3/h4-8,12-16H,1,9-11,17-18H2,2-3H3. The van der Waals surface area contributed by atoms with Crippen molar-refractivity contribution in [2.75, 3.05) is 33.9 Å². The fourth-order valence-electron chi connectivity index (χ4n) is 3.68. The summed E-state index contributed by atoms with van der Waals surface area (Å²) in [6.07, 6.45) is 2.20. The summed E-state index contributed by atoms with van der Waals surface area (Å²) in [5.74, 6) is 0.761. The monoisotopic (exact) mass is 546 g/mol. The molecule has 2 amide bonds. The Bertz CT molecular complexity index is 1180. The maximum Gasteiger partial charge on any atom is 0.254 e. The zero-order valence-corrected chi connectivity index (χ0v) is 22.5. The van der Waals surface area contributed by atoms with Crippen LogP contribution in [0.2, 0.25) is 10.0 Å². The van der Waals surface area contributed by atoms with Crippen molar-refractivity contribution in [1.82, 2.24) is 9.80 Å². The normalized spacial score (nSPS) is 10.6. The maximum atomic E-state index is 13.5. The third kappa shape index (κ3) is 7.50. The van der Waals surface area contributed by atoms with E-state index in [0.29, 0.717) is 46.6 Å². The van der Waals surface area contributed by atoms with Crippen molar-refractivity contribution in [2.24, 2.45) is 0 Å². The number of rotatable bonds is 12. The first-order valence-corrected chi connectivity index (χ1v) is 12.9. The van der Waals surface area contributed by atoms with Gasteiger partial charge in [0.1, 0.15) is 6.54 Å². The van der Waals surface area contributed by atoms with Crippen LogP contribution in [0.15, 0.2) is 66.6 Å². The Morgan fingerprint density at radius 1 is 1.00 bits per heavy atom. The first-order chi connectivity index (χ1) is 17.3. The Hall–Kier alpha value is -3.00. The third-order valence-electron chi connectivity index (χ3n) is 5.47. The second-order valence-corrected chi connectivity index (χ2v) is 9.87. The summed E-state index contributed by atoms with van der Waals surface area (Å²) in [7, 11) is 3.18. The Morgan fingerprint density at radius 3 is 2.33 bits per heavy atom. The summed E-state index contributed by atoms with van der Waals surface area (Å²) in [6.45, 7) is 4.75. The lowest BCUT2D eigenvalue weighted by molar-refractivity contribution is -0.132. The molecule has 2 aromatic carbocycles. The predicted molar refractivity (Wildman–Crippen MR) is 146 cm³/mol. The maximum absolute atomic E-state index is 13.5. The van der Waals surface area contributed by atoms with Crippen molar-refractivity contribution in [3.8, 4) is 11.5 Å². The lowest BCUT2D eigenvalue weighted by atomic mass is 10.1. The highest BCUT2D eigenvalue weighted by atomic mass is 35.5. The molecule has 9 heteroatoms. The van der Waals surface area contributed by atoms with Gasteiger partial charge in [-0.25, -0.2) is 0 Å². The molecule has 0 bridgehead atoms. The van der Waals surface area contributed by atoms with E-state index in [0.717, 1.165) is 10.4 Å². The van der Waals surface area contributed by atoms with Crippen LogP contribution < -0.4 is 9.47 Å². The molecular weight excluding hydrogens is 519 g/mol. The number of thiophene rings is 1. The number of hydrogen-bond donors (Lipinski definition) is 0. The molecule has 6 nitrogen and oxygen atoms in total. The summed E-state index contributed by atoms with van der Waals surface area (Å²) in [5.41, 5.74) is 1.32. The van der Waals surface area contributed by atoms with Crippen LogP contribution in [0.4, 0.5) is 0 Å². The Morgan fingerprint density at radius 2 is 1.72 bits per heavy atom. The molecule has 0 aliphatic carbocycles. The molecule has 0 aliphatic heterocycles. The Labute approximate surface area is 225 Å². The fraction of sp³-hybridized carbons (Fsp3) is 0.259. The first-order valence-electron chi connectivity index (χ1n) is 11.2. The number of benzene rings is 2. The summed E-state index contributed by atoms with van der Waals surface area (Å²) >= 11 is 13.8. The van der Waals surface area contributed by atoms with Crippen molar-refractivity contribution in [2.45, 2.75) is 13.0 Å². The molecule has 0 saturated carbocycles. The highest BCUT2D eigenvalue weighted by Crippen LogP contribution is 2.28. The molecule has 1 aromatic heterocycles. The van der Waals surface area contributed by atoms with E-state index in [9.17, 15) is 9.59 Å². The molecule has 0 aliphatic rings. The quantitative estimate of drug-likeness (QED) is 0.262. The van der Waals surface area contributed by atoms with Crippen molar-refractivity contribution < 1.29 is 19.1 Å². The van der Waals surface area contributed by atoms with Crippen LogP contribution >= 0.6 is 34.5 Å². The number of nitrogens with zero attached hydrogens (tertiary/aromatic N) is 2. The topological polar surface area (TPSA) is 59.1 Å². The molecule has 3 aromatic rings. The number of ether oxygens (including phenoxy) is 2. The molecule has 0 N–H and O–H groups in total. The molecule has 36 heavy (non-hydrogen) atoms. The Balaban J connectivity index is 1.78. The predicted octanol–water partition coefficient (Wildman–Crippen LogP) is 5.97. The highest BCUT2D eigenvalue weighted by molar-refractivity contribution is 7.09. The summed E-state index contributed by atoms with van der Waals surface area (Å²) < 4.78 is 10.7. The van der Waals surface area contributed by atoms with E-state index in [1.165, 1.54) is 17.0 Å². The summed E-state index contributed by atoms with van der Waals surface area (Å²) in [5, 5.41) is 2.68. The molecule has 0 unspecified atom stereocenters. The largest absolute Gasteiger partial charge is 0.493 e. The van der Waals surface area contributed by atoms with Gasteiger partial charge in [0.05, 0.1) is 20.8 Å². The SMILES string of the molecule is C=CCN(CC(=O)N(CCc1ccc(OC)c(OC)c1)Cc1cccs1)C(=O)c1cc(Cl)cc(Cl)c1. The van der Waals surface area contributed by atoms with Crippen molar-refractivity contribution in [3.63, 3.8) is 0 Å². The number of hydrogen-bond acceptors (Lipinski definition) is 5. The van der Waals surface area contributed by atoms with E-state index in [1.807, 2.05) is 35.7 Å². The van der Waals surface area contributed by atoms with Crippen molar-refractivity contribution >= 4 is 46.4 Å². The highest BCUT2D eigenvalue weighted by Gasteiger charge is 2.23. The van der Waals surface area contributed by atoms with Gasteiger partial charge in [-0.3, -0.25) is 9.59 Å². The molecule has 0 spiro atoms. The smallest absolute Gasteiger partial charge is 0.254 e. The van der Waals surface area contributed by atoms with Gasteiger partial charge in [-0.15, -0.1) is 17.9 Å². The van der Waals surface area contributed by atoms with Gasteiger partial charge in [0.15, 0.2) is 11.5 Å². The first kappa shape index (κ1) is 27.6. The molecular formula is C27H28Cl2N2O4S. The summed E-state index contributed by atoms with van der Waals surface area (Å²) in [4.78, 5) is 30.9. The average Bonchev–Trinajstić information content (AvgIpc) is 3.38. The second-order valence-electron chi connectivity index (χ2n) is 7.97. The third-order valence-corrected chi connectivity index (χ3v) is 6.77. The van der Waals surface area contributed by atoms with Gasteiger partial charge in [-0.1, -0.05) is 41.4 Å². The van der Waals surface area contributed by atoms with E-state index in [2.05, 4.69) is 6.58 Å². The van der Waals surface area contributed by atoms with Crippen LogP contribution in [0.5, 0.6) is 11.5 Å². The van der Waals surface area contributed by atoms with E-state index in [4.69, 9.17) is 32.7 Å². The lowest BCUT2D eigenvalue weighted by Crippen LogP contribution is -2.43. The minimum absolute atomic E-state index is 0.105. The molecule has 0 saturated heterocycles. The van der Waals surface area contributed by atoms with Gasteiger partial charge in [0.25, 0.3) is 5.91 Å². The van der Waals surface area contributed by atoms with Gasteiger partial charge in [0.2, 0.25) is 5.91 Å². The van der Waals surface area contributed by atoms with Crippen LogP contribution in [0.25, 0.3) is 0 Å². The number of methoxy groups -OCH3 is 2. The van der Waals surface area contributed by atoms with Crippen LogP contribution in [0.1, 0.15) is 20.8 Å². The molecule has 0 radical (unpaired) electrons. The molecule has 3 rings (SSSR count). The summed E-state index contributed by atoms with van der Waals surface area (Å²) in [6, 6.07) is 14.3. The molecule has 1 heterocycles. The number of carbonyl (C=O) groups is 2. The van der Waals surface area contributed by atoms with Gasteiger partial charge in [-0.05, 0) is 53.8 Å². The van der Waals surface area contributed by atoms with Crippen molar-refractivity contribution in [1.29, 1.82) is 0 Å². The molecule has 0 atom stereocenters. The van der Waals surface area contributed by atoms with Gasteiger partial charge < -0.3 is 19.3 Å². The van der Waals surface area contributed by atoms with Crippen molar-refractivity contribution in [3.05, 3.63) is 92.6 Å². The van der Waals surface area contributed by atoms with Gasteiger partial charge in [-0.2, -0.15) is 0 Å². The number of halogens is 2. The average molecular weight is 548 g/mol. The number of amides is 2. The lowest BCUT2D eigenvalue weighted by Gasteiger charge is -2.27. The van der Waals surface area contributed by atoms with E-state index in [1.54, 1.807) is 42.6 Å². The molecule has 190 valence electrons. The van der Waals surface area contributed by atoms with Crippen LogP contribution in [0.3, 0.4) is 0 Å². The number of carbonyl (C=O) groups excluding carboxylic acids is 2. The molecule has 0 fully saturated rings. The van der Waals surface area contributed by atoms with Crippen LogP contribution in [0, 0.1) is 0 Å². The minimum atomic E-state index is -0.344. The van der Waals surface area contributed by atoms with E-state index < -0.39 is 0 Å². The van der Waals surface area contributed by atoms with Crippen LogP contribution in [-0.2, 0) is 17.8 Å². The van der Waals surface area contributed by atoms with Crippen LogP contribution in [-0.4, -0.2) is 55.5 Å². The Kier molecular flexibility index (Phi) is 10.2. The zero-order valence-electron chi connectivity index (χ0n) is 20.2. The van der Waals surface area contributed by atoms with Gasteiger partial charge >= 0.3 is 0 Å². The van der Waals surface area contributed by atoms with Gasteiger partial charge in [0, 0.05) is 33.6 Å². The zero-order chi connectivity index (χ0) is 26.1. The fourth-order valence-corrected chi connectivity index (χ4v) is 4.93. The second kappa shape index (κ2) is 13.3.